The SMILES string of the molecule is C=CC(=O)Nc1cccc(Nc2nc(Nc3ccc(O[C@H]4CCOC4)nc3)ncc2F)c1. The van der Waals surface area contributed by atoms with Crippen LogP contribution in [0.25, 0.3) is 0 Å². The molecule has 0 unspecified atom stereocenters. The molecule has 32 heavy (non-hydrogen) atoms. The van der Waals surface area contributed by atoms with Crippen LogP contribution in [-0.2, 0) is 9.53 Å². The molecule has 4 rings (SSSR count). The molecule has 0 aliphatic carbocycles. The number of carbonyl (C=O) groups excluding carboxylic acids is 1. The number of carbonyl (C=O) groups is 1. The Morgan fingerprint density at radius 1 is 1.16 bits per heavy atom. The fraction of sp³-hybridized carbons (Fsp3) is 0.182. The lowest BCUT2D eigenvalue weighted by Crippen LogP contribution is -2.16. The number of rotatable bonds is 8. The van der Waals surface area contributed by atoms with E-state index in [9.17, 15) is 9.18 Å². The highest BCUT2D eigenvalue weighted by Gasteiger charge is 2.17. The third-order valence-electron chi connectivity index (χ3n) is 4.49. The summed E-state index contributed by atoms with van der Waals surface area (Å²) in [4.78, 5) is 23.9. The molecule has 3 heterocycles. The summed E-state index contributed by atoms with van der Waals surface area (Å²) in [6.45, 7) is 4.66. The first-order chi connectivity index (χ1) is 15.6. The second-order valence-electron chi connectivity index (χ2n) is 6.90. The average molecular weight is 436 g/mol. The number of benzene rings is 1. The summed E-state index contributed by atoms with van der Waals surface area (Å²) in [7, 11) is 0. The topological polar surface area (TPSA) is 110 Å². The molecule has 164 valence electrons. The highest BCUT2D eigenvalue weighted by atomic mass is 19.1. The van der Waals surface area contributed by atoms with Crippen LogP contribution in [0.2, 0.25) is 0 Å². The maximum Gasteiger partial charge on any atom is 0.247 e. The molecule has 1 saturated heterocycles. The molecule has 3 aromatic rings. The Labute approximate surface area is 183 Å². The van der Waals surface area contributed by atoms with E-state index in [-0.39, 0.29) is 23.8 Å². The summed E-state index contributed by atoms with van der Waals surface area (Å²) in [6, 6.07) is 10.3. The van der Waals surface area contributed by atoms with Crippen molar-refractivity contribution in [1.29, 1.82) is 0 Å². The van der Waals surface area contributed by atoms with Crippen LogP contribution in [0.3, 0.4) is 0 Å². The molecule has 0 radical (unpaired) electrons. The predicted molar refractivity (Wildman–Crippen MR) is 118 cm³/mol. The first kappa shape index (κ1) is 21.2. The maximum absolute atomic E-state index is 14.3. The van der Waals surface area contributed by atoms with E-state index in [1.807, 2.05) is 0 Å². The predicted octanol–water partition coefficient (Wildman–Crippen LogP) is 3.79. The van der Waals surface area contributed by atoms with Crippen LogP contribution in [-0.4, -0.2) is 40.2 Å². The Balaban J connectivity index is 1.43. The van der Waals surface area contributed by atoms with Gasteiger partial charge in [-0.05, 0) is 30.3 Å². The van der Waals surface area contributed by atoms with Gasteiger partial charge in [-0.15, -0.1) is 0 Å². The van der Waals surface area contributed by atoms with Crippen molar-refractivity contribution < 1.29 is 18.7 Å². The van der Waals surface area contributed by atoms with Gasteiger partial charge in [-0.25, -0.2) is 14.4 Å². The quantitative estimate of drug-likeness (QED) is 0.458. The van der Waals surface area contributed by atoms with Crippen LogP contribution in [0.1, 0.15) is 6.42 Å². The molecule has 3 N–H and O–H groups in total. The van der Waals surface area contributed by atoms with Crippen LogP contribution in [0.4, 0.5) is 33.2 Å². The average Bonchev–Trinajstić information content (AvgIpc) is 3.31. The van der Waals surface area contributed by atoms with Gasteiger partial charge in [0, 0.05) is 23.9 Å². The molecular weight excluding hydrogens is 415 g/mol. The van der Waals surface area contributed by atoms with Gasteiger partial charge in [0.25, 0.3) is 0 Å². The summed E-state index contributed by atoms with van der Waals surface area (Å²) in [6.07, 6.45) is 4.66. The van der Waals surface area contributed by atoms with Gasteiger partial charge in [0.1, 0.15) is 6.10 Å². The summed E-state index contributed by atoms with van der Waals surface area (Å²) < 4.78 is 25.3. The summed E-state index contributed by atoms with van der Waals surface area (Å²) in [5, 5.41) is 8.52. The Morgan fingerprint density at radius 2 is 2.03 bits per heavy atom. The summed E-state index contributed by atoms with van der Waals surface area (Å²) >= 11 is 0. The van der Waals surface area contributed by atoms with E-state index < -0.39 is 5.82 Å². The smallest absolute Gasteiger partial charge is 0.247 e. The van der Waals surface area contributed by atoms with Gasteiger partial charge in [0.05, 0.1) is 31.3 Å². The van der Waals surface area contributed by atoms with Gasteiger partial charge < -0.3 is 25.4 Å². The van der Waals surface area contributed by atoms with E-state index >= 15 is 0 Å². The molecule has 1 aromatic carbocycles. The van der Waals surface area contributed by atoms with Crippen LogP contribution in [0.5, 0.6) is 5.88 Å². The number of anilines is 5. The fourth-order valence-electron chi connectivity index (χ4n) is 2.95. The molecule has 0 spiro atoms. The monoisotopic (exact) mass is 436 g/mol. The second-order valence-corrected chi connectivity index (χ2v) is 6.90. The molecule has 10 heteroatoms. The number of hydrogen-bond acceptors (Lipinski definition) is 8. The molecule has 1 atom stereocenters. The highest BCUT2D eigenvalue weighted by Crippen LogP contribution is 2.23. The molecule has 1 aliphatic rings. The van der Waals surface area contributed by atoms with Crippen LogP contribution >= 0.6 is 0 Å². The fourth-order valence-corrected chi connectivity index (χ4v) is 2.95. The molecule has 0 bridgehead atoms. The molecule has 1 aliphatic heterocycles. The van der Waals surface area contributed by atoms with E-state index in [0.717, 1.165) is 12.6 Å². The lowest BCUT2D eigenvalue weighted by molar-refractivity contribution is -0.111. The third-order valence-corrected chi connectivity index (χ3v) is 4.49. The molecule has 2 aromatic heterocycles. The largest absolute Gasteiger partial charge is 0.472 e. The number of ether oxygens (including phenoxy) is 2. The number of halogens is 1. The number of amides is 1. The third kappa shape index (κ3) is 5.55. The standard InChI is InChI=1S/C22H21FN6O3/c1-2-19(30)26-14-4-3-5-15(10-14)27-21-18(23)12-25-22(29-21)28-16-6-7-20(24-11-16)32-17-8-9-31-13-17/h2-7,10-12,17H,1,8-9,13H2,(H,26,30)(H2,25,27,28,29)/t17-/m0/s1. The number of aromatic nitrogens is 3. The Kier molecular flexibility index (Phi) is 6.52. The van der Waals surface area contributed by atoms with Crippen molar-refractivity contribution in [2.45, 2.75) is 12.5 Å². The van der Waals surface area contributed by atoms with Gasteiger partial charge in [0.2, 0.25) is 17.7 Å². The molecule has 1 fully saturated rings. The van der Waals surface area contributed by atoms with Crippen molar-refractivity contribution >= 4 is 34.7 Å². The number of nitrogens with one attached hydrogen (secondary N) is 3. The van der Waals surface area contributed by atoms with Crippen molar-refractivity contribution in [2.75, 3.05) is 29.2 Å². The van der Waals surface area contributed by atoms with E-state index in [2.05, 4.69) is 37.5 Å². The lowest BCUT2D eigenvalue weighted by atomic mass is 10.2. The molecule has 9 nitrogen and oxygen atoms in total. The van der Waals surface area contributed by atoms with Gasteiger partial charge >= 0.3 is 0 Å². The Morgan fingerprint density at radius 3 is 2.78 bits per heavy atom. The summed E-state index contributed by atoms with van der Waals surface area (Å²) in [5.41, 5.74) is 1.69. The maximum atomic E-state index is 14.3. The zero-order chi connectivity index (χ0) is 22.3. The van der Waals surface area contributed by atoms with E-state index in [0.29, 0.717) is 36.2 Å². The number of nitrogens with zero attached hydrogens (tertiary/aromatic N) is 3. The van der Waals surface area contributed by atoms with Crippen molar-refractivity contribution in [3.8, 4) is 5.88 Å². The Hall–Kier alpha value is -4.05. The van der Waals surface area contributed by atoms with Gasteiger partial charge in [-0.3, -0.25) is 4.79 Å². The van der Waals surface area contributed by atoms with Crippen LogP contribution in [0.15, 0.2) is 61.4 Å². The molecule has 0 saturated carbocycles. The van der Waals surface area contributed by atoms with E-state index in [1.54, 1.807) is 42.6 Å². The molecule has 1 amide bonds. The van der Waals surface area contributed by atoms with Crippen LogP contribution < -0.4 is 20.7 Å². The second kappa shape index (κ2) is 9.84. The highest BCUT2D eigenvalue weighted by molar-refractivity contribution is 5.99. The number of hydrogen-bond donors (Lipinski definition) is 3. The minimum atomic E-state index is -0.628. The van der Waals surface area contributed by atoms with Gasteiger partial charge in [-0.1, -0.05) is 12.6 Å². The number of pyridine rings is 1. The van der Waals surface area contributed by atoms with E-state index in [4.69, 9.17) is 9.47 Å². The van der Waals surface area contributed by atoms with Gasteiger partial charge in [0.15, 0.2) is 11.6 Å². The van der Waals surface area contributed by atoms with E-state index in [1.165, 1.54) is 6.08 Å². The zero-order valence-electron chi connectivity index (χ0n) is 17.0. The summed E-state index contributed by atoms with van der Waals surface area (Å²) in [5.74, 6) is -0.314. The van der Waals surface area contributed by atoms with Crippen LogP contribution in [0, 0.1) is 5.82 Å². The minimum absolute atomic E-state index is 0.0129. The first-order valence-corrected chi connectivity index (χ1v) is 9.89. The van der Waals surface area contributed by atoms with Crippen molar-refractivity contribution in [1.82, 2.24) is 15.0 Å². The Bertz CT molecular complexity index is 1100. The molecular formula is C22H21FN6O3. The minimum Gasteiger partial charge on any atom is -0.472 e. The first-order valence-electron chi connectivity index (χ1n) is 9.89. The van der Waals surface area contributed by atoms with Crippen molar-refractivity contribution in [3.63, 3.8) is 0 Å². The normalized spacial score (nSPS) is 15.1. The van der Waals surface area contributed by atoms with Crippen molar-refractivity contribution in [3.05, 3.63) is 67.3 Å². The van der Waals surface area contributed by atoms with Crippen molar-refractivity contribution in [2.24, 2.45) is 0 Å². The zero-order valence-corrected chi connectivity index (χ0v) is 17.0. The lowest BCUT2D eigenvalue weighted by Gasteiger charge is -2.12. The van der Waals surface area contributed by atoms with Gasteiger partial charge in [-0.2, -0.15) is 4.98 Å².